The summed E-state index contributed by atoms with van der Waals surface area (Å²) in [5.74, 6) is -0.0449. The highest BCUT2D eigenvalue weighted by Gasteiger charge is 2.10. The summed E-state index contributed by atoms with van der Waals surface area (Å²) in [5.41, 5.74) is 0.632. The van der Waals surface area contributed by atoms with Gasteiger partial charge in [-0.2, -0.15) is 5.10 Å². The second-order valence-electron chi connectivity index (χ2n) is 3.81. The molecule has 0 radical (unpaired) electrons. The molecular formula is C12H22N4O. The van der Waals surface area contributed by atoms with Crippen LogP contribution in [0.4, 0.5) is 0 Å². The maximum Gasteiger partial charge on any atom is 0.269 e. The molecule has 1 heterocycles. The predicted molar refractivity (Wildman–Crippen MR) is 68.0 cm³/mol. The Bertz CT molecular complexity index is 344. The number of aryl methyl sites for hydroxylation is 1. The van der Waals surface area contributed by atoms with Gasteiger partial charge in [-0.1, -0.05) is 13.8 Å². The van der Waals surface area contributed by atoms with E-state index in [1.807, 2.05) is 6.92 Å². The van der Waals surface area contributed by atoms with Crippen molar-refractivity contribution in [2.75, 3.05) is 26.2 Å². The second-order valence-corrected chi connectivity index (χ2v) is 3.81. The van der Waals surface area contributed by atoms with Crippen LogP contribution in [0, 0.1) is 0 Å². The topological polar surface area (TPSA) is 50.2 Å². The number of hydrogen-bond donors (Lipinski definition) is 1. The molecule has 1 rings (SSSR count). The SMILES string of the molecule is CCN(CC)CCNC(=O)c1ccnn1CC. The molecule has 0 spiro atoms. The summed E-state index contributed by atoms with van der Waals surface area (Å²) in [6.45, 7) is 10.5. The van der Waals surface area contributed by atoms with E-state index in [1.165, 1.54) is 0 Å². The van der Waals surface area contributed by atoms with E-state index in [0.29, 0.717) is 18.8 Å². The zero-order valence-corrected chi connectivity index (χ0v) is 10.9. The lowest BCUT2D eigenvalue weighted by atomic mass is 10.4. The van der Waals surface area contributed by atoms with Gasteiger partial charge in [-0.05, 0) is 26.1 Å². The van der Waals surface area contributed by atoms with Crippen molar-refractivity contribution in [1.82, 2.24) is 20.0 Å². The lowest BCUT2D eigenvalue weighted by molar-refractivity contribution is 0.0938. The third-order valence-electron chi connectivity index (χ3n) is 2.86. The number of carbonyl (C=O) groups excluding carboxylic acids is 1. The van der Waals surface area contributed by atoms with Crippen LogP contribution in [0.1, 0.15) is 31.3 Å². The number of rotatable bonds is 7. The van der Waals surface area contributed by atoms with Crippen molar-refractivity contribution in [3.63, 3.8) is 0 Å². The lowest BCUT2D eigenvalue weighted by Gasteiger charge is -2.17. The van der Waals surface area contributed by atoms with E-state index in [4.69, 9.17) is 0 Å². The highest BCUT2D eigenvalue weighted by atomic mass is 16.2. The zero-order chi connectivity index (χ0) is 12.7. The van der Waals surface area contributed by atoms with Crippen molar-refractivity contribution in [2.24, 2.45) is 0 Å². The standard InChI is InChI=1S/C12H22N4O/c1-4-15(5-2)10-9-13-12(17)11-7-8-14-16(11)6-3/h7-8H,4-6,9-10H2,1-3H3,(H,13,17). The predicted octanol–water partition coefficient (Wildman–Crippen LogP) is 0.975. The molecular weight excluding hydrogens is 216 g/mol. The van der Waals surface area contributed by atoms with E-state index >= 15 is 0 Å². The minimum Gasteiger partial charge on any atom is -0.349 e. The molecule has 0 aromatic carbocycles. The molecule has 0 fully saturated rings. The summed E-state index contributed by atoms with van der Waals surface area (Å²) in [6, 6.07) is 1.75. The van der Waals surface area contributed by atoms with E-state index in [0.717, 1.165) is 19.6 Å². The van der Waals surface area contributed by atoms with Crippen molar-refractivity contribution >= 4 is 5.91 Å². The van der Waals surface area contributed by atoms with E-state index in [2.05, 4.69) is 29.2 Å². The Balaban J connectivity index is 2.40. The van der Waals surface area contributed by atoms with Crippen LogP contribution in [0.25, 0.3) is 0 Å². The van der Waals surface area contributed by atoms with Crippen LogP contribution in [0.2, 0.25) is 0 Å². The largest absolute Gasteiger partial charge is 0.349 e. The number of nitrogens with one attached hydrogen (secondary N) is 1. The highest BCUT2D eigenvalue weighted by molar-refractivity contribution is 5.92. The van der Waals surface area contributed by atoms with Crippen molar-refractivity contribution < 1.29 is 4.79 Å². The van der Waals surface area contributed by atoms with Gasteiger partial charge in [0.25, 0.3) is 5.91 Å². The number of amides is 1. The monoisotopic (exact) mass is 238 g/mol. The molecule has 0 atom stereocenters. The van der Waals surface area contributed by atoms with Crippen LogP contribution < -0.4 is 5.32 Å². The fourth-order valence-electron chi connectivity index (χ4n) is 1.74. The molecule has 5 nitrogen and oxygen atoms in total. The molecule has 5 heteroatoms. The number of likely N-dealkylation sites (N-methyl/N-ethyl adjacent to an activating group) is 1. The average Bonchev–Trinajstić information content (AvgIpc) is 2.82. The summed E-state index contributed by atoms with van der Waals surface area (Å²) in [6.07, 6.45) is 1.66. The number of aromatic nitrogens is 2. The summed E-state index contributed by atoms with van der Waals surface area (Å²) >= 11 is 0. The minimum absolute atomic E-state index is 0.0449. The van der Waals surface area contributed by atoms with Crippen molar-refractivity contribution in [3.8, 4) is 0 Å². The summed E-state index contributed by atoms with van der Waals surface area (Å²) in [5, 5.41) is 6.99. The molecule has 0 aliphatic carbocycles. The molecule has 0 unspecified atom stereocenters. The molecule has 0 saturated heterocycles. The average molecular weight is 238 g/mol. The van der Waals surface area contributed by atoms with Gasteiger partial charge in [0.05, 0.1) is 0 Å². The normalized spacial score (nSPS) is 10.8. The quantitative estimate of drug-likeness (QED) is 0.770. The first kappa shape index (κ1) is 13.7. The van der Waals surface area contributed by atoms with E-state index in [-0.39, 0.29) is 5.91 Å². The lowest BCUT2D eigenvalue weighted by Crippen LogP contribution is -2.35. The number of hydrogen-bond acceptors (Lipinski definition) is 3. The van der Waals surface area contributed by atoms with Crippen LogP contribution in [-0.2, 0) is 6.54 Å². The molecule has 1 N–H and O–H groups in total. The summed E-state index contributed by atoms with van der Waals surface area (Å²) in [4.78, 5) is 14.1. The third-order valence-corrected chi connectivity index (χ3v) is 2.86. The summed E-state index contributed by atoms with van der Waals surface area (Å²) < 4.78 is 1.70. The van der Waals surface area contributed by atoms with Gasteiger partial charge >= 0.3 is 0 Å². The van der Waals surface area contributed by atoms with E-state index in [1.54, 1.807) is 16.9 Å². The van der Waals surface area contributed by atoms with Gasteiger partial charge in [-0.3, -0.25) is 9.48 Å². The van der Waals surface area contributed by atoms with Crippen LogP contribution >= 0.6 is 0 Å². The molecule has 17 heavy (non-hydrogen) atoms. The first-order chi connectivity index (χ1) is 8.22. The smallest absolute Gasteiger partial charge is 0.269 e. The van der Waals surface area contributed by atoms with Crippen LogP contribution in [-0.4, -0.2) is 46.8 Å². The molecule has 0 aliphatic heterocycles. The fourth-order valence-corrected chi connectivity index (χ4v) is 1.74. The minimum atomic E-state index is -0.0449. The molecule has 0 aliphatic rings. The Morgan fingerprint density at radius 3 is 2.71 bits per heavy atom. The Labute approximate surface area is 103 Å². The van der Waals surface area contributed by atoms with Crippen molar-refractivity contribution in [1.29, 1.82) is 0 Å². The first-order valence-electron chi connectivity index (χ1n) is 6.25. The molecule has 0 bridgehead atoms. The highest BCUT2D eigenvalue weighted by Crippen LogP contribution is 1.98. The maximum absolute atomic E-state index is 11.9. The fraction of sp³-hybridized carbons (Fsp3) is 0.667. The molecule has 0 saturated carbocycles. The second kappa shape index (κ2) is 7.06. The van der Waals surface area contributed by atoms with E-state index < -0.39 is 0 Å². The Morgan fingerprint density at radius 2 is 2.12 bits per heavy atom. The maximum atomic E-state index is 11.9. The van der Waals surface area contributed by atoms with Crippen molar-refractivity contribution in [2.45, 2.75) is 27.3 Å². The molecule has 96 valence electrons. The van der Waals surface area contributed by atoms with Gasteiger partial charge in [0.2, 0.25) is 0 Å². The number of carbonyl (C=O) groups is 1. The Kier molecular flexibility index (Phi) is 5.69. The van der Waals surface area contributed by atoms with Crippen LogP contribution in [0.3, 0.4) is 0 Å². The Morgan fingerprint density at radius 1 is 1.41 bits per heavy atom. The van der Waals surface area contributed by atoms with Crippen LogP contribution in [0.5, 0.6) is 0 Å². The van der Waals surface area contributed by atoms with Gasteiger partial charge in [0.1, 0.15) is 5.69 Å². The van der Waals surface area contributed by atoms with Gasteiger partial charge in [-0.25, -0.2) is 0 Å². The summed E-state index contributed by atoms with van der Waals surface area (Å²) in [7, 11) is 0. The molecule has 1 aromatic rings. The Hall–Kier alpha value is -1.36. The van der Waals surface area contributed by atoms with Crippen molar-refractivity contribution in [3.05, 3.63) is 18.0 Å². The molecule has 1 amide bonds. The van der Waals surface area contributed by atoms with E-state index in [9.17, 15) is 4.79 Å². The first-order valence-corrected chi connectivity index (χ1v) is 6.25. The van der Waals surface area contributed by atoms with Gasteiger partial charge in [0.15, 0.2) is 0 Å². The van der Waals surface area contributed by atoms with Gasteiger partial charge < -0.3 is 10.2 Å². The zero-order valence-electron chi connectivity index (χ0n) is 10.9. The van der Waals surface area contributed by atoms with Gasteiger partial charge in [0, 0.05) is 25.8 Å². The third kappa shape index (κ3) is 3.85. The molecule has 1 aromatic heterocycles. The number of nitrogens with zero attached hydrogens (tertiary/aromatic N) is 3. The van der Waals surface area contributed by atoms with Crippen LogP contribution in [0.15, 0.2) is 12.3 Å². The van der Waals surface area contributed by atoms with Gasteiger partial charge in [-0.15, -0.1) is 0 Å².